The number of rotatable bonds is 13. The van der Waals surface area contributed by atoms with Crippen LogP contribution in [0.15, 0.2) is 97.1 Å². The molecule has 2 unspecified atom stereocenters. The predicted molar refractivity (Wildman–Crippen MR) is 190 cm³/mol. The van der Waals surface area contributed by atoms with E-state index in [2.05, 4.69) is 6.92 Å². The molecule has 0 spiro atoms. The van der Waals surface area contributed by atoms with Gasteiger partial charge in [0.05, 0.1) is 12.6 Å². The van der Waals surface area contributed by atoms with Crippen molar-refractivity contribution in [2.75, 3.05) is 24.4 Å². The van der Waals surface area contributed by atoms with Crippen molar-refractivity contribution >= 4 is 15.8 Å². The van der Waals surface area contributed by atoms with Crippen LogP contribution in [-0.4, -0.2) is 85.1 Å². The number of aliphatic hydroxyl groups is 4. The van der Waals surface area contributed by atoms with Crippen LogP contribution in [0.3, 0.4) is 0 Å². The van der Waals surface area contributed by atoms with Crippen molar-refractivity contribution in [2.24, 2.45) is 5.92 Å². The van der Waals surface area contributed by atoms with E-state index in [-0.39, 0.29) is 23.4 Å². The topological polar surface area (TPSA) is 146 Å². The molecular weight excluding hydrogens is 696 g/mol. The Morgan fingerprint density at radius 2 is 1.46 bits per heavy atom. The minimum absolute atomic E-state index is 0.00851. The molecule has 278 valence electrons. The average Bonchev–Trinajstić information content (AvgIpc) is 3.13. The number of ether oxygens (including phenoxy) is 2. The number of aliphatic hydroxyl groups excluding tert-OH is 4. The fourth-order valence-corrected chi connectivity index (χ4v) is 8.43. The summed E-state index contributed by atoms with van der Waals surface area (Å²) in [7, 11) is -2.98. The van der Waals surface area contributed by atoms with Gasteiger partial charge in [0.25, 0.3) is 0 Å². The number of anilines is 1. The highest BCUT2D eigenvalue weighted by Gasteiger charge is 2.51. The van der Waals surface area contributed by atoms with Gasteiger partial charge in [0.15, 0.2) is 0 Å². The quantitative estimate of drug-likeness (QED) is 0.140. The van der Waals surface area contributed by atoms with E-state index in [1.807, 2.05) is 41.3 Å². The highest BCUT2D eigenvalue weighted by atomic mass is 32.2. The zero-order valence-corrected chi connectivity index (χ0v) is 29.5. The maximum Gasteiger partial charge on any atom is 0.311 e. The Morgan fingerprint density at radius 3 is 2.10 bits per heavy atom. The van der Waals surface area contributed by atoms with Crippen molar-refractivity contribution < 1.29 is 51.3 Å². The zero-order chi connectivity index (χ0) is 37.2. The second-order valence-electron chi connectivity index (χ2n) is 13.4. The van der Waals surface area contributed by atoms with Crippen molar-refractivity contribution in [2.45, 2.75) is 68.5 Å². The highest BCUT2D eigenvalue weighted by Crippen LogP contribution is 2.53. The number of hydrogen-bond donors (Lipinski definition) is 4. The van der Waals surface area contributed by atoms with Crippen LogP contribution in [0.4, 0.5) is 14.5 Å². The molecule has 10 nitrogen and oxygen atoms in total. The van der Waals surface area contributed by atoms with Crippen LogP contribution in [0.1, 0.15) is 42.9 Å². The molecule has 6 rings (SSSR count). The summed E-state index contributed by atoms with van der Waals surface area (Å²) in [6.07, 6.45) is -7.15. The lowest BCUT2D eigenvalue weighted by atomic mass is 9.75. The number of methoxy groups -OCH3 is 1. The van der Waals surface area contributed by atoms with Gasteiger partial charge in [-0.25, -0.2) is 8.78 Å². The number of benzene rings is 4. The highest BCUT2D eigenvalue weighted by molar-refractivity contribution is 7.87. The first kappa shape index (κ1) is 37.8. The Bertz CT molecular complexity index is 1900. The third-order valence-electron chi connectivity index (χ3n) is 10.1. The Balaban J connectivity index is 1.38. The van der Waals surface area contributed by atoms with E-state index in [0.717, 1.165) is 11.1 Å². The van der Waals surface area contributed by atoms with Gasteiger partial charge in [-0.1, -0.05) is 61.5 Å². The van der Waals surface area contributed by atoms with Crippen molar-refractivity contribution in [3.05, 3.63) is 120 Å². The molecule has 2 saturated heterocycles. The van der Waals surface area contributed by atoms with Crippen molar-refractivity contribution in [1.29, 1.82) is 0 Å². The maximum absolute atomic E-state index is 14.1. The smallest absolute Gasteiger partial charge is 0.311 e. The van der Waals surface area contributed by atoms with Gasteiger partial charge in [-0.3, -0.25) is 0 Å². The zero-order valence-electron chi connectivity index (χ0n) is 28.7. The normalized spacial score (nSPS) is 26.8. The summed E-state index contributed by atoms with van der Waals surface area (Å²) >= 11 is 0. The molecule has 13 heteroatoms. The molecule has 0 radical (unpaired) electrons. The third kappa shape index (κ3) is 8.01. The van der Waals surface area contributed by atoms with Crippen molar-refractivity contribution in [1.82, 2.24) is 0 Å². The predicted octanol–water partition coefficient (Wildman–Crippen LogP) is 4.92. The number of halogens is 2. The molecule has 9 atom stereocenters. The van der Waals surface area contributed by atoms with Gasteiger partial charge < -0.3 is 39.0 Å². The van der Waals surface area contributed by atoms with Crippen LogP contribution in [0.25, 0.3) is 11.1 Å². The Morgan fingerprint density at radius 1 is 0.827 bits per heavy atom. The van der Waals surface area contributed by atoms with Gasteiger partial charge in [0.2, 0.25) is 0 Å². The third-order valence-corrected chi connectivity index (χ3v) is 11.3. The van der Waals surface area contributed by atoms with Gasteiger partial charge in [-0.05, 0) is 77.9 Å². The minimum Gasteiger partial charge on any atom is -0.394 e. The Hall–Kier alpha value is -3.95. The molecule has 2 fully saturated rings. The van der Waals surface area contributed by atoms with Gasteiger partial charge in [0, 0.05) is 24.3 Å². The molecule has 4 aromatic carbocycles. The van der Waals surface area contributed by atoms with Crippen LogP contribution in [-0.2, 0) is 19.6 Å². The number of nitrogens with zero attached hydrogens (tertiary/aromatic N) is 1. The van der Waals surface area contributed by atoms with Gasteiger partial charge in [0.1, 0.15) is 59.9 Å². The first-order valence-corrected chi connectivity index (χ1v) is 18.7. The monoisotopic (exact) mass is 739 g/mol. The molecule has 2 aliphatic heterocycles. The largest absolute Gasteiger partial charge is 0.394 e. The van der Waals surface area contributed by atoms with E-state index in [1.54, 1.807) is 43.5 Å². The molecule has 52 heavy (non-hydrogen) atoms. The second-order valence-corrected chi connectivity index (χ2v) is 15.1. The SMILES string of the molecule is COC1[C@H](CC[C@H](C)c2ccc(F)cc2)[C@@H](c2ccc(-c3ccccc3)cc2OS(=O)(=O)CC2O[C@H](CO)[C@@H](O)[C@H](O)[C@H]2O)N1c1ccc(F)cc1. The summed E-state index contributed by atoms with van der Waals surface area (Å²) in [5.41, 5.74) is 3.59. The molecule has 4 N–H and O–H groups in total. The lowest BCUT2D eigenvalue weighted by molar-refractivity contribution is -0.223. The Labute approximate surface area is 302 Å². The molecule has 0 bridgehead atoms. The first-order valence-electron chi connectivity index (χ1n) is 17.1. The van der Waals surface area contributed by atoms with Gasteiger partial charge >= 0.3 is 10.1 Å². The fourth-order valence-electron chi connectivity index (χ4n) is 7.27. The summed E-state index contributed by atoms with van der Waals surface area (Å²) in [6, 6.07) is 26.4. The first-order chi connectivity index (χ1) is 24.9. The van der Waals surface area contributed by atoms with E-state index in [4.69, 9.17) is 13.7 Å². The molecule has 4 aromatic rings. The van der Waals surface area contributed by atoms with E-state index in [9.17, 15) is 37.6 Å². The summed E-state index contributed by atoms with van der Waals surface area (Å²) in [6.45, 7) is 1.34. The Kier molecular flexibility index (Phi) is 11.6. The van der Waals surface area contributed by atoms with E-state index in [1.165, 1.54) is 24.3 Å². The van der Waals surface area contributed by atoms with Crippen LogP contribution in [0.2, 0.25) is 0 Å². The molecule has 0 aromatic heterocycles. The van der Waals surface area contributed by atoms with Crippen LogP contribution in [0, 0.1) is 17.6 Å². The summed E-state index contributed by atoms with van der Waals surface area (Å²) < 4.78 is 72.7. The molecule has 0 saturated carbocycles. The standard InChI is InChI=1S/C39H43F2NO9S/c1-23(24-9-12-27(40)13-10-24)8-18-31-35(42(39(31)49-2)29-16-14-28(41)15-17-29)30-19-11-26(25-6-4-3-5-7-25)20-32(30)51-52(47,48)22-34-37(45)38(46)36(44)33(21-43)50-34/h3-7,9-17,19-20,23,31,33-39,43-46H,8,18,21-22H2,1-2H3/t23-,31+,33+,34?,35+,36+,37-,38-,39?/m0/s1. The molecule has 2 aliphatic rings. The van der Waals surface area contributed by atoms with E-state index >= 15 is 0 Å². The maximum atomic E-state index is 14.1. The van der Waals surface area contributed by atoms with E-state index in [0.29, 0.717) is 29.7 Å². The second kappa shape index (κ2) is 16.0. The fraction of sp³-hybridized carbons (Fsp3) is 0.385. The number of hydrogen-bond acceptors (Lipinski definition) is 10. The van der Waals surface area contributed by atoms with Gasteiger partial charge in [-0.15, -0.1) is 0 Å². The summed E-state index contributed by atoms with van der Waals surface area (Å²) in [5.74, 6) is -1.76. The van der Waals surface area contributed by atoms with Crippen LogP contribution < -0.4 is 9.08 Å². The molecule has 0 amide bonds. The lowest BCUT2D eigenvalue weighted by Gasteiger charge is -2.56. The molecule has 0 aliphatic carbocycles. The summed E-state index contributed by atoms with van der Waals surface area (Å²) in [5, 5.41) is 40.7. The minimum atomic E-state index is -4.56. The van der Waals surface area contributed by atoms with Gasteiger partial charge in [-0.2, -0.15) is 8.42 Å². The van der Waals surface area contributed by atoms with E-state index < -0.39 is 71.1 Å². The van der Waals surface area contributed by atoms with Crippen molar-refractivity contribution in [3.8, 4) is 16.9 Å². The molecule has 2 heterocycles. The van der Waals surface area contributed by atoms with Crippen molar-refractivity contribution in [3.63, 3.8) is 0 Å². The lowest BCUT2D eigenvalue weighted by Crippen LogP contribution is -2.60. The van der Waals surface area contributed by atoms with Crippen LogP contribution in [0.5, 0.6) is 5.75 Å². The summed E-state index contributed by atoms with van der Waals surface area (Å²) in [4.78, 5) is 1.95. The average molecular weight is 740 g/mol. The van der Waals surface area contributed by atoms with Crippen LogP contribution >= 0.6 is 0 Å². The molecular formula is C39H43F2NO9S.